The van der Waals surface area contributed by atoms with Crippen LogP contribution >= 0.6 is 0 Å². The molecule has 1 heterocycles. The van der Waals surface area contributed by atoms with Gasteiger partial charge in [-0.25, -0.2) is 9.59 Å². The molecule has 0 unspecified atom stereocenters. The van der Waals surface area contributed by atoms with Gasteiger partial charge in [0.05, 0.1) is 0 Å². The number of fused-ring (bicyclic) bond motifs is 5. The Balaban J connectivity index is 1.66. The molecule has 4 bridgehead atoms. The van der Waals surface area contributed by atoms with Crippen LogP contribution < -0.4 is 10.6 Å². The predicted octanol–water partition coefficient (Wildman–Crippen LogP) is 5.45. The van der Waals surface area contributed by atoms with Crippen molar-refractivity contribution in [3.05, 3.63) is 95.6 Å². The first kappa shape index (κ1) is 27.6. The Morgan fingerprint density at radius 1 is 0.692 bits per heavy atom. The second-order valence-electron chi connectivity index (χ2n) is 10.6. The fourth-order valence-corrected chi connectivity index (χ4v) is 4.36. The van der Waals surface area contributed by atoms with Crippen LogP contribution in [0.4, 0.5) is 9.59 Å². The standard InChI is InChI=1S/C31H34N4O4/c1-31(2,3)33-30(39)35-18-8-7-17-34(29(38)32-21-22-11-5-4-6-12-22)27(36)25-15-9-13-23(19-25)24-14-10-16-26(20-24)28(35)37/h4-6,9-16,19-20H,7-8,17-18,21H2,1-3H3,(H,32,38)(H,33,39). The van der Waals surface area contributed by atoms with Crippen LogP contribution in [0.15, 0.2) is 78.9 Å². The van der Waals surface area contributed by atoms with E-state index in [2.05, 4.69) is 10.6 Å². The van der Waals surface area contributed by atoms with Crippen LogP contribution in [0.1, 0.15) is 59.9 Å². The number of carbonyl (C=O) groups is 4. The first-order chi connectivity index (χ1) is 18.6. The number of urea groups is 2. The summed E-state index contributed by atoms with van der Waals surface area (Å²) in [7, 11) is 0. The molecule has 1 aliphatic rings. The predicted molar refractivity (Wildman–Crippen MR) is 150 cm³/mol. The molecule has 0 aliphatic carbocycles. The SMILES string of the molecule is CC(C)(C)NC(=O)N1CCCCN(C(=O)NCc2ccccc2)C(=O)c2cccc(c2)-c2cccc(c2)C1=O. The smallest absolute Gasteiger partial charge is 0.324 e. The number of benzene rings is 3. The number of carbonyl (C=O) groups excluding carboxylic acids is 4. The van der Waals surface area contributed by atoms with E-state index in [9.17, 15) is 19.2 Å². The van der Waals surface area contributed by atoms with Crippen molar-refractivity contribution in [2.24, 2.45) is 0 Å². The van der Waals surface area contributed by atoms with Gasteiger partial charge in [-0.05, 0) is 74.6 Å². The zero-order valence-corrected chi connectivity index (χ0v) is 22.6. The highest BCUT2D eigenvalue weighted by Crippen LogP contribution is 2.24. The molecule has 4 rings (SSSR count). The molecule has 0 saturated heterocycles. The normalized spacial score (nSPS) is 14.4. The Kier molecular flexibility index (Phi) is 8.44. The summed E-state index contributed by atoms with van der Waals surface area (Å²) in [5.41, 5.74) is 2.60. The van der Waals surface area contributed by atoms with Gasteiger partial charge in [0.15, 0.2) is 0 Å². The molecule has 8 heteroatoms. The van der Waals surface area contributed by atoms with E-state index in [4.69, 9.17) is 0 Å². The van der Waals surface area contributed by atoms with Gasteiger partial charge >= 0.3 is 12.1 Å². The number of hydrogen-bond donors (Lipinski definition) is 2. The third-order valence-electron chi connectivity index (χ3n) is 6.31. The number of hydrogen-bond acceptors (Lipinski definition) is 4. The van der Waals surface area contributed by atoms with E-state index in [1.807, 2.05) is 63.2 Å². The van der Waals surface area contributed by atoms with E-state index in [1.165, 1.54) is 9.80 Å². The van der Waals surface area contributed by atoms with Gasteiger partial charge in [0.2, 0.25) is 0 Å². The molecule has 3 aromatic carbocycles. The van der Waals surface area contributed by atoms with Crippen molar-refractivity contribution in [2.45, 2.75) is 45.7 Å². The topological polar surface area (TPSA) is 98.8 Å². The molecule has 2 N–H and O–H groups in total. The average Bonchev–Trinajstić information content (AvgIpc) is 2.92. The lowest BCUT2D eigenvalue weighted by molar-refractivity contribution is 0.0765. The van der Waals surface area contributed by atoms with Crippen LogP contribution in [0.25, 0.3) is 11.1 Å². The molecule has 39 heavy (non-hydrogen) atoms. The van der Waals surface area contributed by atoms with Crippen molar-refractivity contribution in [3.63, 3.8) is 0 Å². The van der Waals surface area contributed by atoms with Gasteiger partial charge in [0, 0.05) is 36.3 Å². The lowest BCUT2D eigenvalue weighted by atomic mass is 10.00. The third kappa shape index (κ3) is 7.10. The monoisotopic (exact) mass is 526 g/mol. The number of amides is 6. The van der Waals surface area contributed by atoms with Gasteiger partial charge in [0.1, 0.15) is 0 Å². The second kappa shape index (κ2) is 11.9. The molecule has 202 valence electrons. The Labute approximate surface area is 229 Å². The van der Waals surface area contributed by atoms with E-state index >= 15 is 0 Å². The molecule has 8 nitrogen and oxygen atoms in total. The zero-order chi connectivity index (χ0) is 28.0. The molecule has 0 fully saturated rings. The summed E-state index contributed by atoms with van der Waals surface area (Å²) in [6.07, 6.45) is 0.829. The van der Waals surface area contributed by atoms with Crippen LogP contribution in [-0.4, -0.2) is 52.3 Å². The van der Waals surface area contributed by atoms with E-state index in [0.29, 0.717) is 24.0 Å². The lowest BCUT2D eigenvalue weighted by Gasteiger charge is -2.28. The van der Waals surface area contributed by atoms with E-state index in [1.54, 1.807) is 36.4 Å². The first-order valence-electron chi connectivity index (χ1n) is 13.1. The summed E-state index contributed by atoms with van der Waals surface area (Å²) in [6, 6.07) is 22.5. The molecule has 6 amide bonds. The van der Waals surface area contributed by atoms with Crippen molar-refractivity contribution in [1.82, 2.24) is 20.4 Å². The van der Waals surface area contributed by atoms with Crippen molar-refractivity contribution in [3.8, 4) is 11.1 Å². The summed E-state index contributed by atoms with van der Waals surface area (Å²) >= 11 is 0. The number of nitrogens with one attached hydrogen (secondary N) is 2. The fraction of sp³-hybridized carbons (Fsp3) is 0.290. The largest absolute Gasteiger partial charge is 0.334 e. The Morgan fingerprint density at radius 2 is 1.18 bits per heavy atom. The molecule has 0 atom stereocenters. The second-order valence-corrected chi connectivity index (χ2v) is 10.6. The highest BCUT2D eigenvalue weighted by atomic mass is 16.2. The summed E-state index contributed by atoms with van der Waals surface area (Å²) in [5.74, 6) is -0.811. The summed E-state index contributed by atoms with van der Waals surface area (Å²) in [4.78, 5) is 55.8. The minimum absolute atomic E-state index is 0.137. The first-order valence-corrected chi connectivity index (χ1v) is 13.1. The number of nitrogens with zero attached hydrogens (tertiary/aromatic N) is 2. The molecule has 3 aromatic rings. The minimum Gasteiger partial charge on any atom is -0.334 e. The summed E-state index contributed by atoms with van der Waals surface area (Å²) in [6.45, 7) is 6.12. The van der Waals surface area contributed by atoms with Gasteiger partial charge in [0.25, 0.3) is 11.8 Å². The number of rotatable bonds is 2. The van der Waals surface area contributed by atoms with Crippen LogP contribution in [0.2, 0.25) is 0 Å². The minimum atomic E-state index is -0.529. The van der Waals surface area contributed by atoms with Crippen LogP contribution in [0.5, 0.6) is 0 Å². The number of imide groups is 2. The van der Waals surface area contributed by atoms with Crippen molar-refractivity contribution in [1.29, 1.82) is 0 Å². The quantitative estimate of drug-likeness (QED) is 0.464. The molecular weight excluding hydrogens is 492 g/mol. The Morgan fingerprint density at radius 3 is 1.69 bits per heavy atom. The van der Waals surface area contributed by atoms with E-state index in [0.717, 1.165) is 16.7 Å². The highest BCUT2D eigenvalue weighted by Gasteiger charge is 2.28. The molecule has 0 aromatic heterocycles. The summed E-state index contributed by atoms with van der Waals surface area (Å²) in [5, 5.41) is 5.71. The van der Waals surface area contributed by atoms with Gasteiger partial charge in [-0.15, -0.1) is 0 Å². The van der Waals surface area contributed by atoms with Crippen molar-refractivity contribution < 1.29 is 19.2 Å². The van der Waals surface area contributed by atoms with Crippen LogP contribution in [-0.2, 0) is 6.54 Å². The molecule has 0 saturated carbocycles. The maximum Gasteiger partial charge on any atom is 0.324 e. The van der Waals surface area contributed by atoms with Gasteiger partial charge in [-0.1, -0.05) is 54.6 Å². The van der Waals surface area contributed by atoms with E-state index in [-0.39, 0.29) is 19.6 Å². The van der Waals surface area contributed by atoms with Gasteiger partial charge in [-0.3, -0.25) is 19.4 Å². The van der Waals surface area contributed by atoms with Gasteiger partial charge in [-0.2, -0.15) is 0 Å². The molecule has 1 aliphatic heterocycles. The van der Waals surface area contributed by atoms with Crippen LogP contribution in [0, 0.1) is 0 Å². The molecule has 0 spiro atoms. The maximum absolute atomic E-state index is 13.6. The van der Waals surface area contributed by atoms with Crippen molar-refractivity contribution >= 4 is 23.9 Å². The Hall–Kier alpha value is -4.46. The van der Waals surface area contributed by atoms with Crippen LogP contribution in [0.3, 0.4) is 0 Å². The third-order valence-corrected chi connectivity index (χ3v) is 6.31. The van der Waals surface area contributed by atoms with E-state index < -0.39 is 29.4 Å². The lowest BCUT2D eigenvalue weighted by Crippen LogP contribution is -2.51. The highest BCUT2D eigenvalue weighted by molar-refractivity contribution is 6.06. The summed E-state index contributed by atoms with van der Waals surface area (Å²) < 4.78 is 0. The Bertz CT molecular complexity index is 1360. The molecular formula is C31H34N4O4. The fourth-order valence-electron chi connectivity index (χ4n) is 4.36. The van der Waals surface area contributed by atoms with Crippen molar-refractivity contribution in [2.75, 3.05) is 13.1 Å². The zero-order valence-electron chi connectivity index (χ0n) is 22.6. The molecule has 0 radical (unpaired) electrons. The maximum atomic E-state index is 13.6. The average molecular weight is 527 g/mol. The van der Waals surface area contributed by atoms with Gasteiger partial charge < -0.3 is 10.6 Å².